The van der Waals surface area contributed by atoms with Crippen molar-refractivity contribution in [2.24, 2.45) is 0 Å². The summed E-state index contributed by atoms with van der Waals surface area (Å²) in [6, 6.07) is 15.0. The van der Waals surface area contributed by atoms with Crippen LogP contribution >= 0.6 is 35.0 Å². The Morgan fingerprint density at radius 2 is 1.73 bits per heavy atom. The van der Waals surface area contributed by atoms with E-state index < -0.39 is 0 Å². The van der Waals surface area contributed by atoms with Gasteiger partial charge in [-0.25, -0.2) is 0 Å². The minimum absolute atomic E-state index is 0.190. The molecule has 1 fully saturated rings. The molecule has 1 saturated heterocycles. The topological polar surface area (TPSA) is 51.5 Å². The van der Waals surface area contributed by atoms with Crippen LogP contribution in [0, 0.1) is 20.8 Å². The molecule has 33 heavy (non-hydrogen) atoms. The molecule has 0 atom stereocenters. The first kappa shape index (κ1) is 23.5. The van der Waals surface area contributed by atoms with Crippen molar-refractivity contribution in [3.8, 4) is 11.4 Å². The molecule has 8 heteroatoms. The number of aromatic nitrogens is 1. The average Bonchev–Trinajstić information content (AvgIpc) is 3.16. The Morgan fingerprint density at radius 3 is 2.42 bits per heavy atom. The Kier molecular flexibility index (Phi) is 6.88. The van der Waals surface area contributed by atoms with Gasteiger partial charge in [0.2, 0.25) is 0 Å². The number of benzene rings is 2. The normalized spacial score (nSPS) is 15.1. The lowest BCUT2D eigenvalue weighted by atomic mass is 10.2. The molecule has 0 N–H and O–H groups in total. The van der Waals surface area contributed by atoms with E-state index in [2.05, 4.69) is 0 Å². The van der Waals surface area contributed by atoms with E-state index in [-0.39, 0.29) is 24.3 Å². The van der Waals surface area contributed by atoms with Gasteiger partial charge in [-0.2, -0.15) is 0 Å². The number of rotatable bonds is 6. The molecule has 1 aliphatic heterocycles. The molecule has 170 valence electrons. The predicted octanol–water partition coefficient (Wildman–Crippen LogP) is 6.82. The van der Waals surface area contributed by atoms with Crippen LogP contribution in [0.4, 0.5) is 4.79 Å². The van der Waals surface area contributed by atoms with Gasteiger partial charge in [-0.3, -0.25) is 14.5 Å². The first-order chi connectivity index (χ1) is 15.7. The molecule has 3 aromatic rings. The first-order valence-electron chi connectivity index (χ1n) is 10.3. The van der Waals surface area contributed by atoms with Crippen molar-refractivity contribution in [3.05, 3.63) is 86.0 Å². The third kappa shape index (κ3) is 5.13. The van der Waals surface area contributed by atoms with Gasteiger partial charge in [0.15, 0.2) is 0 Å². The van der Waals surface area contributed by atoms with Crippen molar-refractivity contribution in [2.75, 3.05) is 13.2 Å². The van der Waals surface area contributed by atoms with Gasteiger partial charge in [0.05, 0.1) is 11.4 Å². The quantitative estimate of drug-likeness (QED) is 0.348. The van der Waals surface area contributed by atoms with E-state index in [1.807, 2.05) is 67.8 Å². The van der Waals surface area contributed by atoms with E-state index in [0.29, 0.717) is 20.7 Å². The van der Waals surface area contributed by atoms with Gasteiger partial charge in [0, 0.05) is 27.1 Å². The third-order valence-corrected chi connectivity index (χ3v) is 6.65. The van der Waals surface area contributed by atoms with E-state index >= 15 is 0 Å². The van der Waals surface area contributed by atoms with Crippen molar-refractivity contribution in [1.82, 2.24) is 9.47 Å². The molecular weight excluding hydrogens is 479 g/mol. The summed E-state index contributed by atoms with van der Waals surface area (Å²) in [6.45, 7) is 6.32. The fourth-order valence-corrected chi connectivity index (χ4v) is 5.16. The molecule has 5 nitrogen and oxygen atoms in total. The van der Waals surface area contributed by atoms with Crippen LogP contribution in [0.15, 0.2) is 53.4 Å². The molecule has 4 rings (SSSR count). The zero-order valence-corrected chi connectivity index (χ0v) is 20.7. The van der Waals surface area contributed by atoms with E-state index in [0.717, 1.165) is 40.0 Å². The number of hydrogen-bond acceptors (Lipinski definition) is 4. The smallest absolute Gasteiger partial charge is 0.293 e. The number of thioether (sulfide) groups is 1. The predicted molar refractivity (Wildman–Crippen MR) is 135 cm³/mol. The molecule has 0 bridgehead atoms. The largest absolute Gasteiger partial charge is 0.492 e. The molecule has 2 heterocycles. The highest BCUT2D eigenvalue weighted by Gasteiger charge is 2.35. The van der Waals surface area contributed by atoms with E-state index in [1.165, 1.54) is 4.90 Å². The Hall–Kier alpha value is -2.67. The van der Waals surface area contributed by atoms with E-state index in [9.17, 15) is 9.59 Å². The van der Waals surface area contributed by atoms with Gasteiger partial charge in [0.1, 0.15) is 12.4 Å². The van der Waals surface area contributed by atoms with Crippen LogP contribution in [0.2, 0.25) is 10.0 Å². The van der Waals surface area contributed by atoms with Crippen LogP contribution in [0.1, 0.15) is 22.5 Å². The number of carbonyl (C=O) groups is 2. The Balaban J connectivity index is 1.51. The number of imide groups is 1. The molecule has 1 aromatic heterocycles. The SMILES string of the molecule is Cc1cccc(OCCN2C(=O)S/C(=C\c3cc(C)n(-c4cc(Cl)cc(Cl)c4)c3C)C2=O)c1. The summed E-state index contributed by atoms with van der Waals surface area (Å²) in [5.74, 6) is 0.402. The zero-order valence-electron chi connectivity index (χ0n) is 18.4. The highest BCUT2D eigenvalue weighted by atomic mass is 35.5. The summed E-state index contributed by atoms with van der Waals surface area (Å²) in [4.78, 5) is 27.0. The minimum atomic E-state index is -0.312. The second-order valence-corrected chi connectivity index (χ2v) is 9.65. The molecule has 0 saturated carbocycles. The number of amides is 2. The average molecular weight is 501 g/mol. The van der Waals surface area contributed by atoms with Crippen LogP contribution in [-0.2, 0) is 4.79 Å². The lowest BCUT2D eigenvalue weighted by Gasteiger charge is -2.13. The van der Waals surface area contributed by atoms with Crippen LogP contribution in [0.5, 0.6) is 5.75 Å². The number of halogens is 2. The van der Waals surface area contributed by atoms with Crippen LogP contribution < -0.4 is 4.74 Å². The maximum absolute atomic E-state index is 12.9. The Bertz CT molecular complexity index is 1260. The summed E-state index contributed by atoms with van der Waals surface area (Å²) in [7, 11) is 0. The molecule has 0 radical (unpaired) electrons. The van der Waals surface area contributed by atoms with Gasteiger partial charge in [0.25, 0.3) is 11.1 Å². The summed E-state index contributed by atoms with van der Waals surface area (Å²) in [6.07, 6.45) is 1.76. The molecule has 2 aromatic carbocycles. The summed E-state index contributed by atoms with van der Waals surface area (Å²) in [5.41, 5.74) is 4.65. The van der Waals surface area contributed by atoms with Crippen molar-refractivity contribution < 1.29 is 14.3 Å². The number of hydrogen-bond donors (Lipinski definition) is 0. The molecule has 0 unspecified atom stereocenters. The highest BCUT2D eigenvalue weighted by molar-refractivity contribution is 8.18. The summed E-state index contributed by atoms with van der Waals surface area (Å²) < 4.78 is 7.72. The van der Waals surface area contributed by atoms with Crippen molar-refractivity contribution in [3.63, 3.8) is 0 Å². The number of nitrogens with zero attached hydrogens (tertiary/aromatic N) is 2. The fourth-order valence-electron chi connectivity index (χ4n) is 3.79. The Labute approximate surface area is 206 Å². The second kappa shape index (κ2) is 9.67. The highest BCUT2D eigenvalue weighted by Crippen LogP contribution is 2.34. The van der Waals surface area contributed by atoms with Crippen LogP contribution in [-0.4, -0.2) is 33.8 Å². The van der Waals surface area contributed by atoms with Gasteiger partial charge >= 0.3 is 0 Å². The molecule has 1 aliphatic rings. The molecule has 0 spiro atoms. The van der Waals surface area contributed by atoms with E-state index in [4.69, 9.17) is 27.9 Å². The standard InChI is InChI=1S/C25H22Cl2N2O3S/c1-15-5-4-6-22(9-15)32-8-7-28-24(30)23(33-25(28)31)11-18-10-16(2)29(17(18)3)21-13-19(26)12-20(27)14-21/h4-6,9-14H,7-8H2,1-3H3/b23-11-. The minimum Gasteiger partial charge on any atom is -0.492 e. The van der Waals surface area contributed by atoms with E-state index in [1.54, 1.807) is 12.1 Å². The van der Waals surface area contributed by atoms with Gasteiger partial charge in [-0.1, -0.05) is 35.3 Å². The third-order valence-electron chi connectivity index (χ3n) is 5.31. The number of ether oxygens (including phenoxy) is 1. The maximum atomic E-state index is 12.9. The van der Waals surface area contributed by atoms with Gasteiger partial charge in [-0.05, 0) is 86.1 Å². The van der Waals surface area contributed by atoms with Crippen molar-refractivity contribution >= 4 is 52.2 Å². The first-order valence-corrected chi connectivity index (χ1v) is 11.9. The fraction of sp³-hybridized carbons (Fsp3) is 0.200. The van der Waals surface area contributed by atoms with Crippen LogP contribution in [0.25, 0.3) is 11.8 Å². The van der Waals surface area contributed by atoms with Crippen molar-refractivity contribution in [1.29, 1.82) is 0 Å². The maximum Gasteiger partial charge on any atom is 0.293 e. The number of carbonyl (C=O) groups excluding carboxylic acids is 2. The summed E-state index contributed by atoms with van der Waals surface area (Å²) >= 11 is 13.3. The van der Waals surface area contributed by atoms with Crippen LogP contribution in [0.3, 0.4) is 0 Å². The monoisotopic (exact) mass is 500 g/mol. The lowest BCUT2D eigenvalue weighted by molar-refractivity contribution is -0.123. The number of aryl methyl sites for hydroxylation is 2. The molecule has 0 aliphatic carbocycles. The van der Waals surface area contributed by atoms with Crippen molar-refractivity contribution in [2.45, 2.75) is 20.8 Å². The van der Waals surface area contributed by atoms with Gasteiger partial charge in [-0.15, -0.1) is 0 Å². The van der Waals surface area contributed by atoms with Gasteiger partial charge < -0.3 is 9.30 Å². The lowest BCUT2D eigenvalue weighted by Crippen LogP contribution is -2.32. The molecule has 2 amide bonds. The summed E-state index contributed by atoms with van der Waals surface area (Å²) in [5, 5.41) is 0.788. The second-order valence-electron chi connectivity index (χ2n) is 7.79. The zero-order chi connectivity index (χ0) is 23.7. The molecular formula is C25H22Cl2N2O3S. The Morgan fingerprint density at radius 1 is 1.00 bits per heavy atom.